The molecule has 18 heavy (non-hydrogen) atoms. The minimum absolute atomic E-state index is 0. The molecule has 0 aliphatic heterocycles. The van der Waals surface area contributed by atoms with E-state index in [0.29, 0.717) is 13.0 Å². The van der Waals surface area contributed by atoms with Gasteiger partial charge < -0.3 is 11.1 Å². The van der Waals surface area contributed by atoms with Crippen LogP contribution in [0.15, 0.2) is 17.5 Å². The van der Waals surface area contributed by atoms with Crippen molar-refractivity contribution in [2.75, 3.05) is 6.54 Å². The first-order chi connectivity index (χ1) is 8.26. The van der Waals surface area contributed by atoms with Gasteiger partial charge in [0.2, 0.25) is 5.91 Å². The van der Waals surface area contributed by atoms with Crippen LogP contribution in [0.4, 0.5) is 0 Å². The molecule has 0 spiro atoms. The molecule has 1 atom stereocenters. The Kier molecular flexibility index (Phi) is 10.0. The van der Waals surface area contributed by atoms with Crippen LogP contribution in [0.1, 0.15) is 37.5 Å². The van der Waals surface area contributed by atoms with Crippen LogP contribution in [0.25, 0.3) is 0 Å². The highest BCUT2D eigenvalue weighted by atomic mass is 35.5. The Labute approximate surface area is 120 Å². The molecule has 1 amide bonds. The second kappa shape index (κ2) is 10.4. The molecule has 104 valence electrons. The normalized spacial score (nSPS) is 11.7. The Morgan fingerprint density at radius 1 is 1.56 bits per heavy atom. The highest BCUT2D eigenvalue weighted by molar-refractivity contribution is 7.09. The number of aryl methyl sites for hydroxylation is 1. The molecule has 0 saturated heterocycles. The number of halogens is 1. The summed E-state index contributed by atoms with van der Waals surface area (Å²) in [6, 6.07) is 4.22. The number of unbranched alkanes of at least 4 members (excludes halogenated alkanes) is 1. The largest absolute Gasteiger partial charge is 0.352 e. The zero-order valence-corrected chi connectivity index (χ0v) is 12.5. The van der Waals surface area contributed by atoms with Crippen molar-refractivity contribution in [3.8, 4) is 0 Å². The molecule has 0 aliphatic carbocycles. The van der Waals surface area contributed by atoms with Gasteiger partial charge >= 0.3 is 0 Å². The van der Waals surface area contributed by atoms with E-state index >= 15 is 0 Å². The predicted molar refractivity (Wildman–Crippen MR) is 80.4 cm³/mol. The van der Waals surface area contributed by atoms with Crippen LogP contribution in [-0.2, 0) is 11.2 Å². The average molecular weight is 291 g/mol. The molecule has 0 bridgehead atoms. The standard InChI is InChI=1S/C13H22N2OS.ClH/c1-2-3-5-11(10-14)15-13(16)8-7-12-6-4-9-17-12;/h4,6,9,11H,2-3,5,7-8,10,14H2,1H3,(H,15,16);1H. The third kappa shape index (κ3) is 6.99. The van der Waals surface area contributed by atoms with E-state index < -0.39 is 0 Å². The van der Waals surface area contributed by atoms with Crippen molar-refractivity contribution >= 4 is 29.7 Å². The number of nitrogens with one attached hydrogen (secondary N) is 1. The summed E-state index contributed by atoms with van der Waals surface area (Å²) in [6.07, 6.45) is 4.63. The molecule has 1 aromatic rings. The lowest BCUT2D eigenvalue weighted by molar-refractivity contribution is -0.121. The SMILES string of the molecule is CCCCC(CN)NC(=O)CCc1cccs1.Cl. The summed E-state index contributed by atoms with van der Waals surface area (Å²) < 4.78 is 0. The van der Waals surface area contributed by atoms with Gasteiger partial charge in [-0.25, -0.2) is 0 Å². The van der Waals surface area contributed by atoms with Crippen molar-refractivity contribution < 1.29 is 4.79 Å². The molecule has 0 radical (unpaired) electrons. The number of thiophene rings is 1. The van der Waals surface area contributed by atoms with Crippen molar-refractivity contribution in [2.24, 2.45) is 5.73 Å². The topological polar surface area (TPSA) is 55.1 Å². The lowest BCUT2D eigenvalue weighted by Crippen LogP contribution is -2.40. The second-order valence-electron chi connectivity index (χ2n) is 4.22. The van der Waals surface area contributed by atoms with Crippen molar-refractivity contribution in [1.29, 1.82) is 0 Å². The highest BCUT2D eigenvalue weighted by Crippen LogP contribution is 2.10. The van der Waals surface area contributed by atoms with Gasteiger partial charge in [-0.2, -0.15) is 0 Å². The molecule has 3 N–H and O–H groups in total. The summed E-state index contributed by atoms with van der Waals surface area (Å²) in [4.78, 5) is 13.0. The first kappa shape index (κ1) is 17.4. The van der Waals surface area contributed by atoms with E-state index in [-0.39, 0.29) is 24.4 Å². The number of carbonyl (C=O) groups excluding carboxylic acids is 1. The Hall–Kier alpha value is -0.580. The van der Waals surface area contributed by atoms with Crippen molar-refractivity contribution in [3.63, 3.8) is 0 Å². The van der Waals surface area contributed by atoms with E-state index in [1.165, 1.54) is 4.88 Å². The van der Waals surface area contributed by atoms with E-state index in [1.807, 2.05) is 11.4 Å². The maximum Gasteiger partial charge on any atom is 0.220 e. The lowest BCUT2D eigenvalue weighted by Gasteiger charge is -2.16. The van der Waals surface area contributed by atoms with Crippen LogP contribution in [0, 0.1) is 0 Å². The van der Waals surface area contributed by atoms with Crippen molar-refractivity contribution in [1.82, 2.24) is 5.32 Å². The Bertz CT molecular complexity index is 317. The molecule has 0 saturated carbocycles. The first-order valence-corrected chi connectivity index (χ1v) is 7.16. The molecule has 5 heteroatoms. The van der Waals surface area contributed by atoms with Crippen molar-refractivity contribution in [3.05, 3.63) is 22.4 Å². The summed E-state index contributed by atoms with van der Waals surface area (Å²) in [5, 5.41) is 5.04. The minimum Gasteiger partial charge on any atom is -0.352 e. The molecule has 0 fully saturated rings. The highest BCUT2D eigenvalue weighted by Gasteiger charge is 2.10. The average Bonchev–Trinajstić information content (AvgIpc) is 2.85. The fourth-order valence-corrected chi connectivity index (χ4v) is 2.40. The summed E-state index contributed by atoms with van der Waals surface area (Å²) >= 11 is 1.70. The van der Waals surface area contributed by atoms with Gasteiger partial charge in [-0.15, -0.1) is 23.7 Å². The fraction of sp³-hybridized carbons (Fsp3) is 0.615. The maximum atomic E-state index is 11.7. The molecular formula is C13H23ClN2OS. The second-order valence-corrected chi connectivity index (χ2v) is 5.25. The number of amides is 1. The van der Waals surface area contributed by atoms with Gasteiger partial charge in [-0.05, 0) is 24.3 Å². The number of hydrogen-bond donors (Lipinski definition) is 2. The molecule has 0 aliphatic rings. The zero-order valence-electron chi connectivity index (χ0n) is 10.9. The van der Waals surface area contributed by atoms with Crippen LogP contribution in [0.3, 0.4) is 0 Å². The summed E-state index contributed by atoms with van der Waals surface area (Å²) in [5.74, 6) is 0.116. The Morgan fingerprint density at radius 2 is 2.33 bits per heavy atom. The van der Waals surface area contributed by atoms with Crippen LogP contribution >= 0.6 is 23.7 Å². The first-order valence-electron chi connectivity index (χ1n) is 6.28. The van der Waals surface area contributed by atoms with Gasteiger partial charge in [0.1, 0.15) is 0 Å². The number of hydrogen-bond acceptors (Lipinski definition) is 3. The van der Waals surface area contributed by atoms with Crippen LogP contribution in [0.2, 0.25) is 0 Å². The summed E-state index contributed by atoms with van der Waals surface area (Å²) in [5.41, 5.74) is 5.64. The van der Waals surface area contributed by atoms with Gasteiger partial charge in [0.05, 0.1) is 0 Å². The smallest absolute Gasteiger partial charge is 0.220 e. The molecule has 1 rings (SSSR count). The molecule has 0 aromatic carbocycles. The lowest BCUT2D eigenvalue weighted by atomic mass is 10.1. The Morgan fingerprint density at radius 3 is 2.89 bits per heavy atom. The Balaban J connectivity index is 0.00000289. The van der Waals surface area contributed by atoms with Crippen LogP contribution in [0.5, 0.6) is 0 Å². The quantitative estimate of drug-likeness (QED) is 0.773. The van der Waals surface area contributed by atoms with Crippen LogP contribution < -0.4 is 11.1 Å². The van der Waals surface area contributed by atoms with Gasteiger partial charge in [0.15, 0.2) is 0 Å². The number of rotatable bonds is 8. The van der Waals surface area contributed by atoms with E-state index in [2.05, 4.69) is 18.3 Å². The third-order valence-corrected chi connectivity index (χ3v) is 3.67. The van der Waals surface area contributed by atoms with E-state index in [4.69, 9.17) is 5.73 Å². The van der Waals surface area contributed by atoms with Crippen LogP contribution in [-0.4, -0.2) is 18.5 Å². The van der Waals surface area contributed by atoms with Gasteiger partial charge in [0.25, 0.3) is 0 Å². The third-order valence-electron chi connectivity index (χ3n) is 2.73. The van der Waals surface area contributed by atoms with Crippen molar-refractivity contribution in [2.45, 2.75) is 45.1 Å². The summed E-state index contributed by atoms with van der Waals surface area (Å²) in [6.45, 7) is 2.68. The number of nitrogens with two attached hydrogens (primary N) is 1. The van der Waals surface area contributed by atoms with E-state index in [0.717, 1.165) is 25.7 Å². The molecule has 1 heterocycles. The van der Waals surface area contributed by atoms with Gasteiger partial charge in [0, 0.05) is 23.9 Å². The molecule has 1 unspecified atom stereocenters. The molecular weight excluding hydrogens is 268 g/mol. The minimum atomic E-state index is 0. The fourth-order valence-electron chi connectivity index (χ4n) is 1.69. The maximum absolute atomic E-state index is 11.7. The van der Waals surface area contributed by atoms with Gasteiger partial charge in [-0.1, -0.05) is 25.8 Å². The van der Waals surface area contributed by atoms with E-state index in [1.54, 1.807) is 11.3 Å². The summed E-state index contributed by atoms with van der Waals surface area (Å²) in [7, 11) is 0. The number of carbonyl (C=O) groups is 1. The predicted octanol–water partition coefficient (Wildman–Crippen LogP) is 2.74. The van der Waals surface area contributed by atoms with E-state index in [9.17, 15) is 4.79 Å². The molecule has 3 nitrogen and oxygen atoms in total. The van der Waals surface area contributed by atoms with Gasteiger partial charge in [-0.3, -0.25) is 4.79 Å². The molecule has 1 aromatic heterocycles. The zero-order chi connectivity index (χ0) is 12.5. The monoisotopic (exact) mass is 290 g/mol.